The van der Waals surface area contributed by atoms with Gasteiger partial charge in [0.25, 0.3) is 0 Å². The monoisotopic (exact) mass is 538 g/mol. The lowest BCUT2D eigenvalue weighted by Crippen LogP contribution is -2.43. The first-order valence-corrected chi connectivity index (χ1v) is 17.1. The van der Waals surface area contributed by atoms with E-state index in [1.54, 1.807) is 6.92 Å². The molecule has 0 spiro atoms. The Bertz CT molecular complexity index is 765. The van der Waals surface area contributed by atoms with E-state index in [2.05, 4.69) is 65.1 Å². The Labute approximate surface area is 227 Å². The van der Waals surface area contributed by atoms with Gasteiger partial charge in [-0.1, -0.05) is 64.8 Å². The van der Waals surface area contributed by atoms with E-state index in [9.17, 15) is 9.59 Å². The van der Waals surface area contributed by atoms with Gasteiger partial charge in [-0.05, 0) is 71.0 Å². The maximum Gasteiger partial charge on any atom is 0.303 e. The molecule has 1 heterocycles. The van der Waals surface area contributed by atoms with Gasteiger partial charge in [0.15, 0.2) is 14.1 Å². The Morgan fingerprint density at radius 1 is 1.14 bits per heavy atom. The van der Waals surface area contributed by atoms with Gasteiger partial charge in [-0.3, -0.25) is 9.59 Å². The minimum absolute atomic E-state index is 0.0300. The largest absolute Gasteiger partial charge is 0.481 e. The Morgan fingerprint density at radius 3 is 2.32 bits per heavy atom. The summed E-state index contributed by atoms with van der Waals surface area (Å²) in [6.07, 6.45) is 14.6. The first kappa shape index (κ1) is 33.7. The zero-order valence-corrected chi connectivity index (χ0v) is 26.0. The standard InChI is InChI=1S/C30H54O6Si/c1-10-11-12-13-14-15-18-25(23(2)31)26(27-22-34-30(6,7)35-27)21-20-24(17-16-19-28(32)33)36-37(8,9)29(3,4)5/h14-15,20-21,24-27H,10-13,16-19,22H2,1-9H3,(H,32,33)/b15-14-,21-20+/t24?,25?,26?,27-/m1/s1. The van der Waals surface area contributed by atoms with E-state index in [1.807, 2.05) is 13.8 Å². The van der Waals surface area contributed by atoms with E-state index in [-0.39, 0.29) is 41.3 Å². The number of unbranched alkanes of at least 4 members (excludes halogenated alkanes) is 3. The van der Waals surface area contributed by atoms with Gasteiger partial charge in [-0.2, -0.15) is 0 Å². The van der Waals surface area contributed by atoms with Crippen LogP contribution in [0.25, 0.3) is 0 Å². The van der Waals surface area contributed by atoms with Crippen molar-refractivity contribution in [3.8, 4) is 0 Å². The predicted molar refractivity (Wildman–Crippen MR) is 153 cm³/mol. The van der Waals surface area contributed by atoms with E-state index in [0.29, 0.717) is 25.9 Å². The number of ether oxygens (including phenoxy) is 2. The van der Waals surface area contributed by atoms with Gasteiger partial charge >= 0.3 is 5.97 Å². The van der Waals surface area contributed by atoms with Crippen LogP contribution in [0.15, 0.2) is 24.3 Å². The van der Waals surface area contributed by atoms with Gasteiger partial charge in [0.2, 0.25) is 0 Å². The quantitative estimate of drug-likeness (QED) is 0.116. The second-order valence-electron chi connectivity index (χ2n) is 12.5. The van der Waals surface area contributed by atoms with Crippen LogP contribution >= 0.6 is 0 Å². The molecule has 37 heavy (non-hydrogen) atoms. The molecule has 6 nitrogen and oxygen atoms in total. The number of ketones is 1. The van der Waals surface area contributed by atoms with Crippen LogP contribution in [0.5, 0.6) is 0 Å². The molecule has 4 atom stereocenters. The molecule has 0 bridgehead atoms. The highest BCUT2D eigenvalue weighted by molar-refractivity contribution is 6.74. The number of hydrogen-bond acceptors (Lipinski definition) is 5. The summed E-state index contributed by atoms with van der Waals surface area (Å²) in [7, 11) is -2.09. The van der Waals surface area contributed by atoms with Crippen LogP contribution in [-0.4, -0.2) is 49.8 Å². The minimum atomic E-state index is -2.09. The van der Waals surface area contributed by atoms with Crippen molar-refractivity contribution in [1.29, 1.82) is 0 Å². The second-order valence-corrected chi connectivity index (χ2v) is 17.2. The molecular formula is C30H54O6Si. The summed E-state index contributed by atoms with van der Waals surface area (Å²) < 4.78 is 18.8. The highest BCUT2D eigenvalue weighted by Crippen LogP contribution is 2.38. The van der Waals surface area contributed by atoms with Crippen molar-refractivity contribution in [2.45, 2.75) is 136 Å². The summed E-state index contributed by atoms with van der Waals surface area (Å²) in [4.78, 5) is 24.0. The fraction of sp³-hybridized carbons (Fsp3) is 0.800. The van der Waals surface area contributed by atoms with Crippen molar-refractivity contribution in [2.24, 2.45) is 11.8 Å². The molecule has 1 fully saturated rings. The number of hydrogen-bond donors (Lipinski definition) is 1. The Kier molecular flexibility index (Phi) is 14.0. The van der Waals surface area contributed by atoms with Crippen LogP contribution in [0.3, 0.4) is 0 Å². The molecule has 1 N–H and O–H groups in total. The van der Waals surface area contributed by atoms with E-state index in [0.717, 1.165) is 12.8 Å². The summed E-state index contributed by atoms with van der Waals surface area (Å²) in [6, 6.07) is 0. The highest BCUT2D eigenvalue weighted by atomic mass is 28.4. The minimum Gasteiger partial charge on any atom is -0.481 e. The first-order chi connectivity index (χ1) is 17.1. The van der Waals surface area contributed by atoms with E-state index >= 15 is 0 Å². The second kappa shape index (κ2) is 15.3. The molecule has 0 radical (unpaired) electrons. The number of carbonyl (C=O) groups excluding carboxylic acids is 1. The van der Waals surface area contributed by atoms with E-state index < -0.39 is 20.1 Å². The number of rotatable bonds is 17. The first-order valence-electron chi connectivity index (χ1n) is 14.1. The van der Waals surface area contributed by atoms with Crippen molar-refractivity contribution in [1.82, 2.24) is 0 Å². The number of Topliss-reactive ketones (excluding diaryl/α,β-unsaturated/α-hetero) is 1. The van der Waals surface area contributed by atoms with Gasteiger partial charge in [-0.15, -0.1) is 0 Å². The molecule has 7 heteroatoms. The third-order valence-electron chi connectivity index (χ3n) is 7.66. The number of aliphatic carboxylic acids is 1. The maximum absolute atomic E-state index is 12.9. The van der Waals surface area contributed by atoms with Crippen LogP contribution in [0.4, 0.5) is 0 Å². The molecule has 1 rings (SSSR count). The molecule has 214 valence electrons. The molecule has 0 aliphatic carbocycles. The third-order valence-corrected chi connectivity index (χ3v) is 12.2. The van der Waals surface area contributed by atoms with Crippen LogP contribution in [0.1, 0.15) is 99.8 Å². The van der Waals surface area contributed by atoms with Gasteiger partial charge in [-0.25, -0.2) is 0 Å². The van der Waals surface area contributed by atoms with Crippen LogP contribution in [-0.2, 0) is 23.5 Å². The average molecular weight is 539 g/mol. The molecule has 3 unspecified atom stereocenters. The van der Waals surface area contributed by atoms with Gasteiger partial charge < -0.3 is 19.0 Å². The zero-order chi connectivity index (χ0) is 28.3. The van der Waals surface area contributed by atoms with Crippen molar-refractivity contribution in [2.75, 3.05) is 6.61 Å². The summed E-state index contributed by atoms with van der Waals surface area (Å²) >= 11 is 0. The number of carboxylic acids is 1. The smallest absolute Gasteiger partial charge is 0.303 e. The van der Waals surface area contributed by atoms with Crippen molar-refractivity contribution in [3.05, 3.63) is 24.3 Å². The van der Waals surface area contributed by atoms with Crippen LogP contribution < -0.4 is 0 Å². The molecular weight excluding hydrogens is 484 g/mol. The lowest BCUT2D eigenvalue weighted by atomic mass is 9.82. The summed E-state index contributed by atoms with van der Waals surface area (Å²) in [5, 5.41) is 9.19. The van der Waals surface area contributed by atoms with Crippen LogP contribution in [0, 0.1) is 11.8 Å². The lowest BCUT2D eigenvalue weighted by molar-refractivity contribution is -0.147. The summed E-state index contributed by atoms with van der Waals surface area (Å²) in [6.45, 7) is 19.1. The van der Waals surface area contributed by atoms with Gasteiger partial charge in [0.05, 0.1) is 18.8 Å². The van der Waals surface area contributed by atoms with Crippen molar-refractivity contribution < 1.29 is 28.6 Å². The molecule has 1 aliphatic rings. The van der Waals surface area contributed by atoms with Crippen molar-refractivity contribution >= 4 is 20.1 Å². The SMILES string of the molecule is CCCCC/C=C\CC(C(C)=O)C(/C=C/C(CCCC(=O)O)O[Si](C)(C)C(C)(C)C)[C@H]1COC(C)(C)O1. The predicted octanol–water partition coefficient (Wildman–Crippen LogP) is 7.69. The fourth-order valence-electron chi connectivity index (χ4n) is 4.35. The lowest BCUT2D eigenvalue weighted by Gasteiger charge is -2.39. The molecule has 0 amide bonds. The molecule has 0 saturated carbocycles. The Hall–Kier alpha value is -1.28. The summed E-state index contributed by atoms with van der Waals surface area (Å²) in [5.74, 6) is -1.74. The normalized spacial score (nSPS) is 20.9. The van der Waals surface area contributed by atoms with E-state index in [4.69, 9.17) is 19.0 Å². The average Bonchev–Trinajstić information content (AvgIpc) is 3.12. The Balaban J connectivity index is 3.21. The molecule has 0 aromatic rings. The maximum atomic E-state index is 12.9. The van der Waals surface area contributed by atoms with E-state index in [1.165, 1.54) is 12.8 Å². The number of carbonyl (C=O) groups is 2. The van der Waals surface area contributed by atoms with Crippen LogP contribution in [0.2, 0.25) is 18.1 Å². The van der Waals surface area contributed by atoms with Gasteiger partial charge in [0, 0.05) is 18.3 Å². The highest BCUT2D eigenvalue weighted by Gasteiger charge is 2.41. The van der Waals surface area contributed by atoms with Gasteiger partial charge in [0.1, 0.15) is 5.78 Å². The number of allylic oxidation sites excluding steroid dienone is 2. The Morgan fingerprint density at radius 2 is 1.81 bits per heavy atom. The third kappa shape index (κ3) is 12.4. The summed E-state index contributed by atoms with van der Waals surface area (Å²) in [5.41, 5.74) is 0. The molecule has 1 aliphatic heterocycles. The zero-order valence-electron chi connectivity index (χ0n) is 25.0. The molecule has 0 aromatic heterocycles. The topological polar surface area (TPSA) is 82.1 Å². The fourth-order valence-corrected chi connectivity index (χ4v) is 5.65. The molecule has 1 saturated heterocycles. The molecule has 0 aromatic carbocycles. The number of carboxylic acid groups (broad SMARTS) is 1. The van der Waals surface area contributed by atoms with Crippen molar-refractivity contribution in [3.63, 3.8) is 0 Å².